The Bertz CT molecular complexity index is 495. The van der Waals surface area contributed by atoms with Gasteiger partial charge < -0.3 is 10.1 Å². The Morgan fingerprint density at radius 2 is 2.05 bits per heavy atom. The molecule has 2 aliphatic heterocycles. The Labute approximate surface area is 128 Å². The van der Waals surface area contributed by atoms with Crippen LogP contribution in [0.3, 0.4) is 0 Å². The molecule has 1 N–H and O–H groups in total. The van der Waals surface area contributed by atoms with E-state index in [-0.39, 0.29) is 6.23 Å². The first kappa shape index (κ1) is 14.0. The molecule has 0 radical (unpaired) electrons. The average Bonchev–Trinajstić information content (AvgIpc) is 2.98. The number of aliphatic imine (C=N–C) groups is 1. The van der Waals surface area contributed by atoms with Gasteiger partial charge in [-0.15, -0.1) is 0 Å². The molecule has 6 heteroatoms. The van der Waals surface area contributed by atoms with Crippen molar-refractivity contribution in [2.45, 2.75) is 25.5 Å². The summed E-state index contributed by atoms with van der Waals surface area (Å²) in [5.74, 6) is 0.798. The number of benzene rings is 1. The van der Waals surface area contributed by atoms with Gasteiger partial charge in [-0.25, -0.2) is 0 Å². The van der Waals surface area contributed by atoms with Crippen molar-refractivity contribution in [3.63, 3.8) is 0 Å². The zero-order valence-corrected chi connectivity index (χ0v) is 12.6. The van der Waals surface area contributed by atoms with Crippen LogP contribution < -0.4 is 10.2 Å². The fourth-order valence-electron chi connectivity index (χ4n) is 2.58. The van der Waals surface area contributed by atoms with E-state index in [0.717, 1.165) is 50.6 Å². The number of nitrogens with one attached hydrogen (secondary N) is 1. The van der Waals surface area contributed by atoms with Gasteiger partial charge in [0.1, 0.15) is 6.23 Å². The Kier molecular flexibility index (Phi) is 4.34. The molecule has 20 heavy (non-hydrogen) atoms. The number of para-hydroxylation sites is 1. The summed E-state index contributed by atoms with van der Waals surface area (Å²) in [5.41, 5.74) is 0.774. The van der Waals surface area contributed by atoms with Gasteiger partial charge in [0.2, 0.25) is 5.96 Å². The predicted octanol–water partition coefficient (Wildman–Crippen LogP) is 3.29. The number of ether oxygens (including phenoxy) is 1. The Morgan fingerprint density at radius 3 is 2.65 bits per heavy atom. The molecule has 0 bridgehead atoms. The van der Waals surface area contributed by atoms with Gasteiger partial charge in [-0.3, -0.25) is 9.89 Å². The van der Waals surface area contributed by atoms with E-state index < -0.39 is 0 Å². The molecule has 1 fully saturated rings. The third kappa shape index (κ3) is 2.73. The Hall–Kier alpha value is -0.970. The number of hydrogen-bond acceptors (Lipinski definition) is 4. The molecule has 0 aliphatic carbocycles. The summed E-state index contributed by atoms with van der Waals surface area (Å²) in [5, 5.41) is 4.51. The number of nitrogens with zero attached hydrogens (tertiary/aromatic N) is 2. The topological polar surface area (TPSA) is 36.9 Å². The highest BCUT2D eigenvalue weighted by Gasteiger charge is 2.30. The van der Waals surface area contributed by atoms with Gasteiger partial charge in [-0.1, -0.05) is 29.3 Å². The molecule has 2 heterocycles. The van der Waals surface area contributed by atoms with Crippen LogP contribution in [0.15, 0.2) is 23.2 Å². The van der Waals surface area contributed by atoms with Gasteiger partial charge in [0, 0.05) is 13.2 Å². The summed E-state index contributed by atoms with van der Waals surface area (Å²) in [6.07, 6.45) is 3.12. The van der Waals surface area contributed by atoms with Crippen LogP contribution in [-0.4, -0.2) is 31.9 Å². The third-order valence-electron chi connectivity index (χ3n) is 3.51. The second kappa shape index (κ2) is 6.20. The minimum absolute atomic E-state index is 0.0644. The predicted molar refractivity (Wildman–Crippen MR) is 82.8 cm³/mol. The fourth-order valence-corrected chi connectivity index (χ4v) is 3.16. The molecule has 108 valence electrons. The molecule has 1 atom stereocenters. The van der Waals surface area contributed by atoms with Crippen molar-refractivity contribution < 1.29 is 4.74 Å². The number of hydrogen-bond donors (Lipinski definition) is 1. The maximum atomic E-state index is 6.36. The molecule has 1 saturated heterocycles. The molecule has 2 aliphatic rings. The van der Waals surface area contributed by atoms with Crippen molar-refractivity contribution in [3.05, 3.63) is 28.2 Å². The highest BCUT2D eigenvalue weighted by atomic mass is 35.5. The van der Waals surface area contributed by atoms with Gasteiger partial charge >= 0.3 is 0 Å². The molecule has 1 aromatic carbocycles. The van der Waals surface area contributed by atoms with Crippen molar-refractivity contribution in [1.82, 2.24) is 5.32 Å². The second-order valence-electron chi connectivity index (χ2n) is 4.89. The first-order valence-electron chi connectivity index (χ1n) is 6.90. The van der Waals surface area contributed by atoms with Crippen LogP contribution in [0.1, 0.15) is 19.3 Å². The lowest BCUT2D eigenvalue weighted by Gasteiger charge is -2.36. The van der Waals surface area contributed by atoms with Crippen LogP contribution in [0.25, 0.3) is 0 Å². The van der Waals surface area contributed by atoms with E-state index in [0.29, 0.717) is 10.0 Å². The van der Waals surface area contributed by atoms with Gasteiger partial charge in [0.25, 0.3) is 0 Å². The van der Waals surface area contributed by atoms with Crippen molar-refractivity contribution in [2.24, 2.45) is 4.99 Å². The van der Waals surface area contributed by atoms with Crippen LogP contribution in [0.4, 0.5) is 5.69 Å². The summed E-state index contributed by atoms with van der Waals surface area (Å²) in [6.45, 7) is 2.36. The van der Waals surface area contributed by atoms with Crippen LogP contribution in [-0.2, 0) is 4.74 Å². The lowest BCUT2D eigenvalue weighted by atomic mass is 10.1. The van der Waals surface area contributed by atoms with E-state index >= 15 is 0 Å². The first-order chi connectivity index (χ1) is 9.77. The van der Waals surface area contributed by atoms with E-state index in [9.17, 15) is 0 Å². The number of rotatable bonds is 2. The third-order valence-corrected chi connectivity index (χ3v) is 4.12. The average molecular weight is 314 g/mol. The van der Waals surface area contributed by atoms with Gasteiger partial charge in [-0.05, 0) is 31.4 Å². The van der Waals surface area contributed by atoms with Crippen molar-refractivity contribution in [2.75, 3.05) is 24.6 Å². The summed E-state index contributed by atoms with van der Waals surface area (Å²) in [7, 11) is 0. The van der Waals surface area contributed by atoms with Crippen LogP contribution in [0, 0.1) is 0 Å². The largest absolute Gasteiger partial charge is 0.358 e. The Morgan fingerprint density at radius 1 is 1.25 bits per heavy atom. The highest BCUT2D eigenvalue weighted by Crippen LogP contribution is 2.36. The lowest BCUT2D eigenvalue weighted by molar-refractivity contribution is 0.0222. The smallest absolute Gasteiger partial charge is 0.200 e. The van der Waals surface area contributed by atoms with Crippen molar-refractivity contribution in [1.29, 1.82) is 0 Å². The van der Waals surface area contributed by atoms with Crippen LogP contribution in [0.2, 0.25) is 10.0 Å². The molecular weight excluding hydrogens is 297 g/mol. The molecule has 3 rings (SSSR count). The monoisotopic (exact) mass is 313 g/mol. The number of halogens is 2. The molecule has 0 amide bonds. The van der Waals surface area contributed by atoms with E-state index in [4.69, 9.17) is 27.9 Å². The van der Waals surface area contributed by atoms with Crippen molar-refractivity contribution >= 4 is 34.8 Å². The SMILES string of the molecule is Clc1cccc(Cl)c1N(C1=NCCN1)[C@H]1CCCCO1. The van der Waals surface area contributed by atoms with Gasteiger partial charge in [0.05, 0.1) is 22.3 Å². The minimum Gasteiger partial charge on any atom is -0.358 e. The zero-order valence-electron chi connectivity index (χ0n) is 11.1. The summed E-state index contributed by atoms with van der Waals surface area (Å²) in [6, 6.07) is 5.53. The van der Waals surface area contributed by atoms with E-state index in [1.165, 1.54) is 0 Å². The minimum atomic E-state index is -0.0644. The fraction of sp³-hybridized carbons (Fsp3) is 0.500. The summed E-state index contributed by atoms with van der Waals surface area (Å²) in [4.78, 5) is 6.51. The molecule has 0 spiro atoms. The highest BCUT2D eigenvalue weighted by molar-refractivity contribution is 6.40. The second-order valence-corrected chi connectivity index (χ2v) is 5.71. The van der Waals surface area contributed by atoms with E-state index in [1.54, 1.807) is 0 Å². The lowest BCUT2D eigenvalue weighted by Crippen LogP contribution is -2.48. The molecular formula is C14H17Cl2N3O. The number of anilines is 1. The number of guanidine groups is 1. The zero-order chi connectivity index (χ0) is 13.9. The summed E-state index contributed by atoms with van der Waals surface area (Å²) < 4.78 is 5.90. The van der Waals surface area contributed by atoms with Crippen molar-refractivity contribution in [3.8, 4) is 0 Å². The van der Waals surface area contributed by atoms with Gasteiger partial charge in [-0.2, -0.15) is 0 Å². The van der Waals surface area contributed by atoms with Gasteiger partial charge in [0.15, 0.2) is 0 Å². The van der Waals surface area contributed by atoms with E-state index in [1.807, 2.05) is 23.1 Å². The molecule has 1 aromatic rings. The normalized spacial score (nSPS) is 22.3. The quantitative estimate of drug-likeness (QED) is 0.910. The maximum Gasteiger partial charge on any atom is 0.200 e. The molecule has 0 saturated carbocycles. The maximum absolute atomic E-state index is 6.36. The first-order valence-corrected chi connectivity index (χ1v) is 7.66. The van der Waals surface area contributed by atoms with Crippen LogP contribution >= 0.6 is 23.2 Å². The Balaban J connectivity index is 2.00. The standard InChI is InChI=1S/C14H17Cl2N3O/c15-10-4-3-5-11(16)13(10)19(14-17-7-8-18-14)12-6-1-2-9-20-12/h3-5,12H,1-2,6-9H2,(H,17,18)/t12-/m1/s1. The summed E-state index contributed by atoms with van der Waals surface area (Å²) >= 11 is 12.7. The molecule has 4 nitrogen and oxygen atoms in total. The molecule has 0 aromatic heterocycles. The molecule has 0 unspecified atom stereocenters. The van der Waals surface area contributed by atoms with Crippen LogP contribution in [0.5, 0.6) is 0 Å². The van der Waals surface area contributed by atoms with E-state index in [2.05, 4.69) is 10.3 Å².